The molecule has 0 aromatic carbocycles. The van der Waals surface area contributed by atoms with Gasteiger partial charge < -0.3 is 9.64 Å². The number of hydrogen-bond acceptors (Lipinski definition) is 3. The van der Waals surface area contributed by atoms with E-state index in [1.165, 1.54) is 6.07 Å². The highest BCUT2D eigenvalue weighted by Crippen LogP contribution is 2.28. The van der Waals surface area contributed by atoms with Crippen LogP contribution in [0.2, 0.25) is 0 Å². The second-order valence-electron chi connectivity index (χ2n) is 6.29. The predicted octanol–water partition coefficient (Wildman–Crippen LogP) is 3.25. The molecule has 20 heavy (non-hydrogen) atoms. The van der Waals surface area contributed by atoms with Crippen molar-refractivity contribution < 1.29 is 13.9 Å². The van der Waals surface area contributed by atoms with Gasteiger partial charge in [0.05, 0.1) is 5.69 Å². The van der Waals surface area contributed by atoms with Gasteiger partial charge in [0.2, 0.25) is 0 Å². The molecule has 1 amide bonds. The first kappa shape index (κ1) is 14.8. The predicted molar refractivity (Wildman–Crippen MR) is 74.1 cm³/mol. The van der Waals surface area contributed by atoms with Crippen LogP contribution in [0.25, 0.3) is 0 Å². The van der Waals surface area contributed by atoms with E-state index in [0.29, 0.717) is 25.2 Å². The third-order valence-corrected chi connectivity index (χ3v) is 3.23. The Morgan fingerprint density at radius 1 is 1.50 bits per heavy atom. The standard InChI is InChI=1S/C15H21FN2O2/c1-10-7-12(16)13(17-8-10)11-5-6-18(9-11)14(19)20-15(2,3)4/h7-8,11H,5-6,9H2,1-4H3. The maximum absolute atomic E-state index is 13.9. The van der Waals surface area contributed by atoms with Gasteiger partial charge in [-0.1, -0.05) is 0 Å². The molecule has 1 atom stereocenters. The van der Waals surface area contributed by atoms with Crippen molar-refractivity contribution in [1.82, 2.24) is 9.88 Å². The lowest BCUT2D eigenvalue weighted by atomic mass is 10.0. The lowest BCUT2D eigenvalue weighted by Crippen LogP contribution is -2.35. The van der Waals surface area contributed by atoms with Gasteiger partial charge in [-0.05, 0) is 45.7 Å². The lowest BCUT2D eigenvalue weighted by molar-refractivity contribution is 0.0292. The molecule has 110 valence electrons. The number of hydrogen-bond donors (Lipinski definition) is 0. The Hall–Kier alpha value is -1.65. The molecule has 2 heterocycles. The van der Waals surface area contributed by atoms with Crippen LogP contribution >= 0.6 is 0 Å². The Balaban J connectivity index is 2.03. The molecule has 1 aromatic rings. The van der Waals surface area contributed by atoms with Gasteiger partial charge in [0, 0.05) is 25.2 Å². The average Bonchev–Trinajstić information content (AvgIpc) is 2.75. The SMILES string of the molecule is Cc1cnc(C2CCN(C(=O)OC(C)(C)C)C2)c(F)c1. The first-order valence-corrected chi connectivity index (χ1v) is 6.86. The zero-order chi connectivity index (χ0) is 14.9. The maximum Gasteiger partial charge on any atom is 0.410 e. The third-order valence-electron chi connectivity index (χ3n) is 3.23. The summed E-state index contributed by atoms with van der Waals surface area (Å²) in [7, 11) is 0. The molecule has 0 aliphatic carbocycles. The molecule has 2 rings (SSSR count). The van der Waals surface area contributed by atoms with Crippen molar-refractivity contribution in [1.29, 1.82) is 0 Å². The Bertz CT molecular complexity index is 511. The van der Waals surface area contributed by atoms with Crippen LogP contribution in [0.3, 0.4) is 0 Å². The summed E-state index contributed by atoms with van der Waals surface area (Å²) < 4.78 is 19.2. The van der Waals surface area contributed by atoms with E-state index < -0.39 is 5.60 Å². The molecule has 1 aliphatic heterocycles. The van der Waals surface area contributed by atoms with Gasteiger partial charge in [0.15, 0.2) is 0 Å². The summed E-state index contributed by atoms with van der Waals surface area (Å²) in [5.74, 6) is -0.343. The Kier molecular flexibility index (Phi) is 3.97. The van der Waals surface area contributed by atoms with Crippen molar-refractivity contribution >= 4 is 6.09 Å². The fourth-order valence-corrected chi connectivity index (χ4v) is 2.32. The number of carbonyl (C=O) groups is 1. The molecule has 0 bridgehead atoms. The molecule has 0 radical (unpaired) electrons. The highest BCUT2D eigenvalue weighted by molar-refractivity contribution is 5.68. The second-order valence-corrected chi connectivity index (χ2v) is 6.29. The van der Waals surface area contributed by atoms with Crippen molar-refractivity contribution in [2.45, 2.75) is 45.6 Å². The topological polar surface area (TPSA) is 42.4 Å². The normalized spacial score (nSPS) is 19.2. The van der Waals surface area contributed by atoms with Crippen LogP contribution in [0, 0.1) is 12.7 Å². The van der Waals surface area contributed by atoms with E-state index in [4.69, 9.17) is 4.74 Å². The molecule has 1 saturated heterocycles. The molecule has 1 unspecified atom stereocenters. The summed E-state index contributed by atoms with van der Waals surface area (Å²) in [5, 5.41) is 0. The fraction of sp³-hybridized carbons (Fsp3) is 0.600. The first-order valence-electron chi connectivity index (χ1n) is 6.86. The highest BCUT2D eigenvalue weighted by atomic mass is 19.1. The number of amides is 1. The van der Waals surface area contributed by atoms with Gasteiger partial charge in [-0.3, -0.25) is 4.98 Å². The quantitative estimate of drug-likeness (QED) is 0.793. The van der Waals surface area contributed by atoms with Crippen molar-refractivity contribution in [2.75, 3.05) is 13.1 Å². The number of carbonyl (C=O) groups excluding carboxylic acids is 1. The van der Waals surface area contributed by atoms with Crippen LogP contribution < -0.4 is 0 Å². The summed E-state index contributed by atoms with van der Waals surface area (Å²) in [6, 6.07) is 1.48. The van der Waals surface area contributed by atoms with E-state index in [1.807, 2.05) is 27.7 Å². The van der Waals surface area contributed by atoms with Crippen LogP contribution in [0.1, 0.15) is 44.4 Å². The van der Waals surface area contributed by atoms with E-state index in [-0.39, 0.29) is 17.8 Å². The van der Waals surface area contributed by atoms with Crippen molar-refractivity contribution in [2.24, 2.45) is 0 Å². The first-order chi connectivity index (χ1) is 9.26. The van der Waals surface area contributed by atoms with Crippen molar-refractivity contribution in [3.63, 3.8) is 0 Å². The lowest BCUT2D eigenvalue weighted by Gasteiger charge is -2.24. The number of halogens is 1. The van der Waals surface area contributed by atoms with Gasteiger partial charge in [-0.2, -0.15) is 0 Å². The summed E-state index contributed by atoms with van der Waals surface area (Å²) in [4.78, 5) is 17.8. The summed E-state index contributed by atoms with van der Waals surface area (Å²) in [6.07, 6.45) is 2.04. The Morgan fingerprint density at radius 3 is 2.80 bits per heavy atom. The molecule has 0 N–H and O–H groups in total. The van der Waals surface area contributed by atoms with Crippen LogP contribution in [-0.2, 0) is 4.74 Å². The zero-order valence-corrected chi connectivity index (χ0v) is 12.4. The van der Waals surface area contributed by atoms with Crippen molar-refractivity contribution in [3.8, 4) is 0 Å². The molecule has 4 nitrogen and oxygen atoms in total. The minimum Gasteiger partial charge on any atom is -0.444 e. The maximum atomic E-state index is 13.9. The van der Waals surface area contributed by atoms with Crippen LogP contribution in [0.15, 0.2) is 12.3 Å². The van der Waals surface area contributed by atoms with Gasteiger partial charge in [0.1, 0.15) is 11.4 Å². The third kappa shape index (κ3) is 3.46. The monoisotopic (exact) mass is 280 g/mol. The molecule has 1 fully saturated rings. The van der Waals surface area contributed by atoms with Gasteiger partial charge in [-0.25, -0.2) is 9.18 Å². The molecule has 1 aromatic heterocycles. The average molecular weight is 280 g/mol. The molecule has 0 saturated carbocycles. The summed E-state index contributed by atoms with van der Waals surface area (Å²) in [5.41, 5.74) is 0.734. The van der Waals surface area contributed by atoms with E-state index in [0.717, 1.165) is 5.56 Å². The van der Waals surface area contributed by atoms with Crippen molar-refractivity contribution in [3.05, 3.63) is 29.3 Å². The second kappa shape index (κ2) is 5.38. The largest absolute Gasteiger partial charge is 0.444 e. The number of ether oxygens (including phenoxy) is 1. The summed E-state index contributed by atoms with van der Waals surface area (Å²) in [6.45, 7) is 8.34. The number of rotatable bonds is 1. The van der Waals surface area contributed by atoms with Crippen LogP contribution in [-0.4, -0.2) is 34.7 Å². The van der Waals surface area contributed by atoms with E-state index >= 15 is 0 Å². The Labute approximate surface area is 118 Å². The van der Waals surface area contributed by atoms with Gasteiger partial charge >= 0.3 is 6.09 Å². The number of pyridine rings is 1. The van der Waals surface area contributed by atoms with Gasteiger partial charge in [-0.15, -0.1) is 0 Å². The molecular weight excluding hydrogens is 259 g/mol. The van der Waals surface area contributed by atoms with E-state index in [9.17, 15) is 9.18 Å². The minimum absolute atomic E-state index is 0.0527. The van der Waals surface area contributed by atoms with Gasteiger partial charge in [0.25, 0.3) is 0 Å². The van der Waals surface area contributed by atoms with E-state index in [2.05, 4.69) is 4.98 Å². The smallest absolute Gasteiger partial charge is 0.410 e. The highest BCUT2D eigenvalue weighted by Gasteiger charge is 2.32. The van der Waals surface area contributed by atoms with Crippen LogP contribution in [0.4, 0.5) is 9.18 Å². The number of nitrogens with zero attached hydrogens (tertiary/aromatic N) is 2. The molecule has 0 spiro atoms. The number of aromatic nitrogens is 1. The summed E-state index contributed by atoms with van der Waals surface area (Å²) >= 11 is 0. The molecule has 1 aliphatic rings. The van der Waals surface area contributed by atoms with E-state index in [1.54, 1.807) is 11.1 Å². The minimum atomic E-state index is -0.511. The zero-order valence-electron chi connectivity index (χ0n) is 12.4. The Morgan fingerprint density at radius 2 is 2.20 bits per heavy atom. The fourth-order valence-electron chi connectivity index (χ4n) is 2.32. The molecule has 5 heteroatoms. The number of likely N-dealkylation sites (tertiary alicyclic amines) is 1. The molecular formula is C15H21FN2O2. The van der Waals surface area contributed by atoms with Crippen LogP contribution in [0.5, 0.6) is 0 Å². The number of aryl methyl sites for hydroxylation is 1.